The van der Waals surface area contributed by atoms with E-state index < -0.39 is 6.10 Å². The molecule has 2 aliphatic heterocycles. The number of rotatable bonds is 2. The molecule has 122 valence electrons. The predicted molar refractivity (Wildman–Crippen MR) is 82.4 cm³/mol. The first kappa shape index (κ1) is 14.7. The van der Waals surface area contributed by atoms with Crippen LogP contribution in [0.2, 0.25) is 0 Å². The Labute approximate surface area is 133 Å². The zero-order valence-corrected chi connectivity index (χ0v) is 13.0. The molecule has 0 bridgehead atoms. The van der Waals surface area contributed by atoms with Gasteiger partial charge in [0.05, 0.1) is 19.3 Å². The van der Waals surface area contributed by atoms with Gasteiger partial charge in [-0.1, -0.05) is 11.6 Å². The standard InChI is InChI=1S/C17H19NO5/c1-8-3-4-13-10(5-8)9(2)14(23-13)17(20)18-11-6-21-16-12(19)7-22-15(11)16/h3-5,11-12,15-16,19H,6-7H2,1-2H3,(H,18,20)/t11-,12-,15-,16-/m1/s1. The maximum absolute atomic E-state index is 12.6. The van der Waals surface area contributed by atoms with Gasteiger partial charge < -0.3 is 24.3 Å². The smallest absolute Gasteiger partial charge is 0.287 e. The van der Waals surface area contributed by atoms with Crippen LogP contribution in [0, 0.1) is 13.8 Å². The summed E-state index contributed by atoms with van der Waals surface area (Å²) in [6.07, 6.45) is -1.29. The van der Waals surface area contributed by atoms with Crippen molar-refractivity contribution in [2.24, 2.45) is 0 Å². The minimum Gasteiger partial charge on any atom is -0.451 e. The lowest BCUT2D eigenvalue weighted by Crippen LogP contribution is -2.44. The summed E-state index contributed by atoms with van der Waals surface area (Å²) in [7, 11) is 0. The molecule has 0 radical (unpaired) electrons. The van der Waals surface area contributed by atoms with Crippen molar-refractivity contribution >= 4 is 16.9 Å². The van der Waals surface area contributed by atoms with E-state index in [1.807, 2.05) is 32.0 Å². The highest BCUT2D eigenvalue weighted by Gasteiger charge is 2.47. The monoisotopic (exact) mass is 317 g/mol. The Morgan fingerprint density at radius 1 is 1.22 bits per heavy atom. The molecule has 4 atom stereocenters. The van der Waals surface area contributed by atoms with Crippen LogP contribution in [0.25, 0.3) is 11.0 Å². The van der Waals surface area contributed by atoms with Gasteiger partial charge in [-0.25, -0.2) is 0 Å². The van der Waals surface area contributed by atoms with Crippen molar-refractivity contribution in [3.63, 3.8) is 0 Å². The molecule has 23 heavy (non-hydrogen) atoms. The third kappa shape index (κ3) is 2.34. The van der Waals surface area contributed by atoms with Crippen molar-refractivity contribution in [1.82, 2.24) is 5.32 Å². The predicted octanol–water partition coefficient (Wildman–Crippen LogP) is 1.31. The van der Waals surface area contributed by atoms with Gasteiger partial charge in [0, 0.05) is 10.9 Å². The van der Waals surface area contributed by atoms with Crippen molar-refractivity contribution < 1.29 is 23.8 Å². The Bertz CT molecular complexity index is 768. The molecule has 0 saturated carbocycles. The van der Waals surface area contributed by atoms with Crippen LogP contribution in [0.3, 0.4) is 0 Å². The van der Waals surface area contributed by atoms with Crippen molar-refractivity contribution in [1.29, 1.82) is 0 Å². The van der Waals surface area contributed by atoms with Crippen molar-refractivity contribution in [3.05, 3.63) is 35.1 Å². The Morgan fingerprint density at radius 2 is 2.00 bits per heavy atom. The highest BCUT2D eigenvalue weighted by atomic mass is 16.6. The van der Waals surface area contributed by atoms with Gasteiger partial charge in [-0.05, 0) is 26.0 Å². The van der Waals surface area contributed by atoms with Crippen molar-refractivity contribution in [2.45, 2.75) is 38.2 Å². The van der Waals surface area contributed by atoms with Crippen LogP contribution < -0.4 is 5.32 Å². The minimum absolute atomic E-state index is 0.241. The number of aliphatic hydroxyl groups excluding tert-OH is 1. The molecule has 6 nitrogen and oxygen atoms in total. The van der Waals surface area contributed by atoms with E-state index in [-0.39, 0.29) is 30.8 Å². The second kappa shape index (κ2) is 5.33. The second-order valence-electron chi connectivity index (χ2n) is 6.30. The SMILES string of the molecule is Cc1ccc2oc(C(=O)N[C@@H]3CO[C@H]4[C@@H]3OC[C@H]4O)c(C)c2c1. The lowest BCUT2D eigenvalue weighted by atomic mass is 10.1. The number of aryl methyl sites for hydroxylation is 2. The molecule has 4 rings (SSSR count). The van der Waals surface area contributed by atoms with E-state index in [9.17, 15) is 9.90 Å². The van der Waals surface area contributed by atoms with Crippen LogP contribution in [0.4, 0.5) is 0 Å². The number of aliphatic hydroxyl groups is 1. The van der Waals surface area contributed by atoms with E-state index in [1.165, 1.54) is 0 Å². The molecule has 6 heteroatoms. The van der Waals surface area contributed by atoms with Crippen LogP contribution in [0.15, 0.2) is 22.6 Å². The number of ether oxygens (including phenoxy) is 2. The van der Waals surface area contributed by atoms with Gasteiger partial charge in [0.2, 0.25) is 0 Å². The molecule has 1 aromatic carbocycles. The lowest BCUT2D eigenvalue weighted by Gasteiger charge is -2.16. The van der Waals surface area contributed by atoms with E-state index in [0.717, 1.165) is 16.5 Å². The summed E-state index contributed by atoms with van der Waals surface area (Å²) in [5.41, 5.74) is 2.64. The highest BCUT2D eigenvalue weighted by molar-refractivity contribution is 5.99. The molecule has 3 heterocycles. The number of benzene rings is 1. The van der Waals surface area contributed by atoms with Crippen LogP contribution in [-0.4, -0.2) is 48.6 Å². The molecule has 2 saturated heterocycles. The van der Waals surface area contributed by atoms with E-state index in [0.29, 0.717) is 18.0 Å². The van der Waals surface area contributed by atoms with Gasteiger partial charge in [-0.2, -0.15) is 0 Å². The van der Waals surface area contributed by atoms with Crippen LogP contribution in [0.1, 0.15) is 21.7 Å². The van der Waals surface area contributed by atoms with Crippen molar-refractivity contribution in [3.8, 4) is 0 Å². The largest absolute Gasteiger partial charge is 0.451 e. The first-order chi connectivity index (χ1) is 11.0. The van der Waals surface area contributed by atoms with Gasteiger partial charge in [-0.3, -0.25) is 4.79 Å². The topological polar surface area (TPSA) is 80.9 Å². The zero-order chi connectivity index (χ0) is 16.1. The molecule has 1 aromatic heterocycles. The number of carbonyl (C=O) groups is 1. The summed E-state index contributed by atoms with van der Waals surface area (Å²) in [6.45, 7) is 4.45. The molecule has 0 unspecified atom stereocenters. The maximum atomic E-state index is 12.6. The molecule has 0 aliphatic carbocycles. The fourth-order valence-electron chi connectivity index (χ4n) is 3.39. The first-order valence-electron chi connectivity index (χ1n) is 7.76. The lowest BCUT2D eigenvalue weighted by molar-refractivity contribution is 0.0178. The minimum atomic E-state index is -0.627. The molecule has 1 amide bonds. The van der Waals surface area contributed by atoms with Crippen LogP contribution in [-0.2, 0) is 9.47 Å². The van der Waals surface area contributed by atoms with E-state index in [4.69, 9.17) is 13.9 Å². The maximum Gasteiger partial charge on any atom is 0.287 e. The number of hydrogen-bond acceptors (Lipinski definition) is 5. The van der Waals surface area contributed by atoms with E-state index in [2.05, 4.69) is 5.32 Å². The van der Waals surface area contributed by atoms with Gasteiger partial charge >= 0.3 is 0 Å². The summed E-state index contributed by atoms with van der Waals surface area (Å²) in [6, 6.07) is 5.56. The third-order valence-corrected chi connectivity index (χ3v) is 4.64. The average molecular weight is 317 g/mol. The molecule has 2 aromatic rings. The Balaban J connectivity index is 1.57. The number of fused-ring (bicyclic) bond motifs is 2. The van der Waals surface area contributed by atoms with Gasteiger partial charge in [0.15, 0.2) is 5.76 Å². The number of furan rings is 1. The Kier molecular flexibility index (Phi) is 3.41. The molecule has 2 aliphatic rings. The summed E-state index contributed by atoms with van der Waals surface area (Å²) in [4.78, 5) is 12.6. The number of nitrogens with one attached hydrogen (secondary N) is 1. The highest BCUT2D eigenvalue weighted by Crippen LogP contribution is 2.29. The van der Waals surface area contributed by atoms with Gasteiger partial charge in [-0.15, -0.1) is 0 Å². The second-order valence-corrected chi connectivity index (χ2v) is 6.30. The Hall–Kier alpha value is -1.89. The molecular weight excluding hydrogens is 298 g/mol. The molecule has 0 spiro atoms. The molecule has 2 fully saturated rings. The summed E-state index contributed by atoms with van der Waals surface area (Å²) >= 11 is 0. The van der Waals surface area contributed by atoms with Crippen LogP contribution in [0.5, 0.6) is 0 Å². The average Bonchev–Trinajstić information content (AvgIpc) is 3.17. The van der Waals surface area contributed by atoms with E-state index in [1.54, 1.807) is 0 Å². The summed E-state index contributed by atoms with van der Waals surface area (Å²) < 4.78 is 16.8. The first-order valence-corrected chi connectivity index (χ1v) is 7.76. The number of carbonyl (C=O) groups excluding carboxylic acids is 1. The zero-order valence-electron chi connectivity index (χ0n) is 13.0. The van der Waals surface area contributed by atoms with Gasteiger partial charge in [0.1, 0.15) is 23.9 Å². The molecular formula is C17H19NO5. The number of amides is 1. The summed E-state index contributed by atoms with van der Waals surface area (Å²) in [5, 5.41) is 13.6. The van der Waals surface area contributed by atoms with Crippen molar-refractivity contribution in [2.75, 3.05) is 13.2 Å². The van der Waals surface area contributed by atoms with Crippen LogP contribution >= 0.6 is 0 Å². The molecule has 2 N–H and O–H groups in total. The number of hydrogen-bond donors (Lipinski definition) is 2. The Morgan fingerprint density at radius 3 is 2.83 bits per heavy atom. The normalized spacial score (nSPS) is 29.9. The van der Waals surface area contributed by atoms with E-state index >= 15 is 0 Å². The third-order valence-electron chi connectivity index (χ3n) is 4.64. The fourth-order valence-corrected chi connectivity index (χ4v) is 3.39. The fraction of sp³-hybridized carbons (Fsp3) is 0.471. The quantitative estimate of drug-likeness (QED) is 0.873. The van der Waals surface area contributed by atoms with Gasteiger partial charge in [0.25, 0.3) is 5.91 Å². The summed E-state index contributed by atoms with van der Waals surface area (Å²) in [5.74, 6) is 0.0307.